The summed E-state index contributed by atoms with van der Waals surface area (Å²) in [6, 6.07) is 9.95. The predicted molar refractivity (Wildman–Crippen MR) is 78.0 cm³/mol. The summed E-state index contributed by atoms with van der Waals surface area (Å²) < 4.78 is 0. The number of hydrogen-bond acceptors (Lipinski definition) is 2. The number of halogens is 1. The zero-order chi connectivity index (χ0) is 11.9. The molecule has 1 aliphatic heterocycles. The number of rotatable bonds is 5. The molecule has 2 nitrogen and oxygen atoms in total. The van der Waals surface area contributed by atoms with E-state index < -0.39 is 0 Å². The molecule has 1 aliphatic rings. The molecule has 1 aromatic carbocycles. The first kappa shape index (κ1) is 14.9. The summed E-state index contributed by atoms with van der Waals surface area (Å²) in [6.45, 7) is 3.24. The van der Waals surface area contributed by atoms with E-state index in [-0.39, 0.29) is 18.2 Å². The lowest BCUT2D eigenvalue weighted by Crippen LogP contribution is -2.22. The van der Waals surface area contributed by atoms with Crippen molar-refractivity contribution in [2.45, 2.75) is 19.3 Å². The fourth-order valence-electron chi connectivity index (χ4n) is 2.11. The molecule has 0 bridgehead atoms. The van der Waals surface area contributed by atoms with Crippen molar-refractivity contribution in [1.29, 1.82) is 0 Å². The van der Waals surface area contributed by atoms with Crippen LogP contribution in [0, 0.1) is 0 Å². The van der Waals surface area contributed by atoms with Crippen molar-refractivity contribution in [1.82, 2.24) is 4.90 Å². The molecule has 0 saturated carbocycles. The first-order valence-corrected chi connectivity index (χ1v) is 6.33. The average Bonchev–Trinajstić information content (AvgIpc) is 2.88. The number of benzene rings is 1. The molecule has 0 atom stereocenters. The van der Waals surface area contributed by atoms with Gasteiger partial charge in [-0.2, -0.15) is 0 Å². The van der Waals surface area contributed by atoms with Gasteiger partial charge in [0.15, 0.2) is 5.78 Å². The lowest BCUT2D eigenvalue weighted by Gasteiger charge is -2.12. The van der Waals surface area contributed by atoms with E-state index in [4.69, 9.17) is 0 Å². The Morgan fingerprint density at radius 3 is 2.50 bits per heavy atom. The molecule has 98 valence electrons. The highest BCUT2D eigenvalue weighted by atomic mass is 35.5. The average molecular weight is 266 g/mol. The highest BCUT2D eigenvalue weighted by Crippen LogP contribution is 2.08. The topological polar surface area (TPSA) is 20.3 Å². The quantitative estimate of drug-likeness (QED) is 0.762. The smallest absolute Gasteiger partial charge is 0.156 e. The van der Waals surface area contributed by atoms with Gasteiger partial charge in [-0.3, -0.25) is 4.79 Å². The third-order valence-electron chi connectivity index (χ3n) is 3.13. The molecule has 3 heteroatoms. The molecular weight excluding hydrogens is 246 g/mol. The number of likely N-dealkylation sites (tertiary alicyclic amines) is 1. The number of ketones is 1. The standard InChI is InChI=1S/C15H19NO.ClH/c17-15(10-13-16-11-4-5-12-16)9-8-14-6-2-1-3-7-14;/h1-3,6-9H,4-5,10-13H2;1H/b9-8+;. The van der Waals surface area contributed by atoms with Gasteiger partial charge in [0.05, 0.1) is 0 Å². The van der Waals surface area contributed by atoms with Crippen molar-refractivity contribution in [2.75, 3.05) is 19.6 Å². The summed E-state index contributed by atoms with van der Waals surface area (Å²) >= 11 is 0. The van der Waals surface area contributed by atoms with Gasteiger partial charge in [0.25, 0.3) is 0 Å². The SMILES string of the molecule is Cl.O=C(/C=C/c1ccccc1)CCN1CCCC1. The number of hydrogen-bond donors (Lipinski definition) is 0. The largest absolute Gasteiger partial charge is 0.303 e. The molecule has 18 heavy (non-hydrogen) atoms. The Balaban J connectivity index is 0.00000162. The van der Waals surface area contributed by atoms with Gasteiger partial charge in [-0.1, -0.05) is 36.4 Å². The second-order valence-electron chi connectivity index (χ2n) is 4.51. The molecule has 1 fully saturated rings. The van der Waals surface area contributed by atoms with Crippen LogP contribution in [0.5, 0.6) is 0 Å². The van der Waals surface area contributed by atoms with Gasteiger partial charge in [-0.25, -0.2) is 0 Å². The molecule has 1 saturated heterocycles. The Labute approximate surface area is 115 Å². The second-order valence-corrected chi connectivity index (χ2v) is 4.51. The maximum absolute atomic E-state index is 11.7. The summed E-state index contributed by atoms with van der Waals surface area (Å²) in [5.41, 5.74) is 1.09. The summed E-state index contributed by atoms with van der Waals surface area (Å²) in [7, 11) is 0. The third-order valence-corrected chi connectivity index (χ3v) is 3.13. The van der Waals surface area contributed by atoms with Gasteiger partial charge in [0.1, 0.15) is 0 Å². The van der Waals surface area contributed by atoms with Crippen LogP contribution in [-0.2, 0) is 4.79 Å². The number of nitrogens with zero attached hydrogens (tertiary/aromatic N) is 1. The number of carbonyl (C=O) groups is 1. The van der Waals surface area contributed by atoms with E-state index in [2.05, 4.69) is 4.90 Å². The molecule has 0 amide bonds. The van der Waals surface area contributed by atoms with Crippen LogP contribution in [0.3, 0.4) is 0 Å². The van der Waals surface area contributed by atoms with Crippen molar-refractivity contribution < 1.29 is 4.79 Å². The van der Waals surface area contributed by atoms with E-state index in [1.807, 2.05) is 36.4 Å². The zero-order valence-corrected chi connectivity index (χ0v) is 11.4. The molecule has 2 rings (SSSR count). The Morgan fingerprint density at radius 1 is 1.17 bits per heavy atom. The van der Waals surface area contributed by atoms with Crippen molar-refractivity contribution in [2.24, 2.45) is 0 Å². The van der Waals surface area contributed by atoms with Crippen LogP contribution in [0.2, 0.25) is 0 Å². The van der Waals surface area contributed by atoms with Crippen LogP contribution in [0.4, 0.5) is 0 Å². The van der Waals surface area contributed by atoms with Crippen molar-refractivity contribution >= 4 is 24.3 Å². The van der Waals surface area contributed by atoms with Gasteiger partial charge in [0.2, 0.25) is 0 Å². The van der Waals surface area contributed by atoms with Crippen LogP contribution >= 0.6 is 12.4 Å². The molecular formula is C15H20ClNO. The minimum atomic E-state index is 0. The molecule has 0 radical (unpaired) electrons. The van der Waals surface area contributed by atoms with Crippen molar-refractivity contribution in [3.05, 3.63) is 42.0 Å². The normalized spacial score (nSPS) is 15.8. The van der Waals surface area contributed by atoms with Crippen molar-refractivity contribution in [3.8, 4) is 0 Å². The summed E-state index contributed by atoms with van der Waals surface area (Å²) in [4.78, 5) is 14.0. The van der Waals surface area contributed by atoms with Gasteiger partial charge in [0, 0.05) is 13.0 Å². The van der Waals surface area contributed by atoms with E-state index in [1.54, 1.807) is 6.08 Å². The lowest BCUT2D eigenvalue weighted by atomic mass is 10.2. The Bertz CT molecular complexity index is 383. The molecule has 0 aromatic heterocycles. The highest BCUT2D eigenvalue weighted by Gasteiger charge is 2.11. The maximum Gasteiger partial charge on any atom is 0.156 e. The second kappa shape index (κ2) is 8.06. The molecule has 0 spiro atoms. The maximum atomic E-state index is 11.7. The van der Waals surface area contributed by atoms with E-state index in [1.165, 1.54) is 12.8 Å². The number of carbonyl (C=O) groups excluding carboxylic acids is 1. The monoisotopic (exact) mass is 265 g/mol. The van der Waals surface area contributed by atoms with Crippen LogP contribution in [-0.4, -0.2) is 30.3 Å². The molecule has 1 aromatic rings. The van der Waals surface area contributed by atoms with E-state index in [9.17, 15) is 4.79 Å². The van der Waals surface area contributed by atoms with Gasteiger partial charge in [-0.15, -0.1) is 12.4 Å². The zero-order valence-electron chi connectivity index (χ0n) is 10.5. The van der Waals surface area contributed by atoms with E-state index in [0.29, 0.717) is 6.42 Å². The van der Waals surface area contributed by atoms with Gasteiger partial charge >= 0.3 is 0 Å². The summed E-state index contributed by atoms with van der Waals surface area (Å²) in [5, 5.41) is 0. The molecule has 0 aliphatic carbocycles. The summed E-state index contributed by atoms with van der Waals surface area (Å²) in [6.07, 6.45) is 6.81. The van der Waals surface area contributed by atoms with Crippen LogP contribution in [0.15, 0.2) is 36.4 Å². The van der Waals surface area contributed by atoms with Crippen LogP contribution in [0.1, 0.15) is 24.8 Å². The van der Waals surface area contributed by atoms with Crippen LogP contribution < -0.4 is 0 Å². The predicted octanol–water partition coefficient (Wildman–Crippen LogP) is 3.18. The third kappa shape index (κ3) is 5.03. The fourth-order valence-corrected chi connectivity index (χ4v) is 2.11. The summed E-state index contributed by atoms with van der Waals surface area (Å²) in [5.74, 6) is 0.223. The molecule has 1 heterocycles. The first-order chi connectivity index (χ1) is 8.34. The minimum Gasteiger partial charge on any atom is -0.303 e. The van der Waals surface area contributed by atoms with E-state index >= 15 is 0 Å². The van der Waals surface area contributed by atoms with E-state index in [0.717, 1.165) is 25.2 Å². The van der Waals surface area contributed by atoms with Gasteiger partial charge in [-0.05, 0) is 37.6 Å². The first-order valence-electron chi connectivity index (χ1n) is 6.33. The molecule has 0 unspecified atom stereocenters. The Hall–Kier alpha value is -1.12. The highest BCUT2D eigenvalue weighted by molar-refractivity contribution is 5.93. The van der Waals surface area contributed by atoms with Gasteiger partial charge < -0.3 is 4.90 Å². The van der Waals surface area contributed by atoms with Crippen molar-refractivity contribution in [3.63, 3.8) is 0 Å². The molecule has 0 N–H and O–H groups in total. The minimum absolute atomic E-state index is 0. The fraction of sp³-hybridized carbons (Fsp3) is 0.400. The van der Waals surface area contributed by atoms with Crippen LogP contribution in [0.25, 0.3) is 6.08 Å². The Morgan fingerprint density at radius 2 is 1.83 bits per heavy atom. The number of allylic oxidation sites excluding steroid dienone is 1. The Kier molecular flexibility index (Phi) is 6.69. The lowest BCUT2D eigenvalue weighted by molar-refractivity contribution is -0.114.